The van der Waals surface area contributed by atoms with Gasteiger partial charge in [-0.1, -0.05) is 18.2 Å². The maximum Gasteiger partial charge on any atom is 0.341 e. The fourth-order valence-corrected chi connectivity index (χ4v) is 2.73. The minimum Gasteiger partial charge on any atom is -0.452 e. The van der Waals surface area contributed by atoms with E-state index in [1.807, 2.05) is 10.1 Å². The molecule has 0 unspecified atom stereocenters. The highest BCUT2D eigenvalue weighted by molar-refractivity contribution is 7.89. The van der Waals surface area contributed by atoms with Crippen molar-refractivity contribution >= 4 is 27.8 Å². The minimum atomic E-state index is -3.90. The lowest BCUT2D eigenvalue weighted by Gasteiger charge is -2.09. The third-order valence-corrected chi connectivity index (χ3v) is 4.83. The van der Waals surface area contributed by atoms with Gasteiger partial charge in [-0.2, -0.15) is 0 Å². The molecule has 0 aliphatic rings. The Labute approximate surface area is 159 Å². The van der Waals surface area contributed by atoms with Crippen LogP contribution in [0.25, 0.3) is 0 Å². The largest absolute Gasteiger partial charge is 0.452 e. The summed E-state index contributed by atoms with van der Waals surface area (Å²) in [7, 11) is -2.74. The van der Waals surface area contributed by atoms with Gasteiger partial charge in [0, 0.05) is 5.56 Å². The van der Waals surface area contributed by atoms with E-state index in [4.69, 9.17) is 0 Å². The Balaban J connectivity index is 1.94. The van der Waals surface area contributed by atoms with E-state index in [0.717, 1.165) is 25.2 Å². The average Bonchev–Trinajstić information content (AvgIpc) is 2.71. The molecular formula is C17H16FN3O6S. The molecule has 2 aromatic carbocycles. The molecule has 9 nitrogen and oxygen atoms in total. The summed E-state index contributed by atoms with van der Waals surface area (Å²) in [5.74, 6) is -3.72. The number of benzene rings is 2. The first-order chi connectivity index (χ1) is 13.2. The van der Waals surface area contributed by atoms with Crippen LogP contribution >= 0.6 is 0 Å². The van der Waals surface area contributed by atoms with E-state index in [9.17, 15) is 27.2 Å². The summed E-state index contributed by atoms with van der Waals surface area (Å²) >= 11 is 0. The summed E-state index contributed by atoms with van der Waals surface area (Å²) in [6.07, 6.45) is 0. The Bertz CT molecular complexity index is 995. The van der Waals surface area contributed by atoms with Crippen LogP contribution < -0.4 is 15.6 Å². The van der Waals surface area contributed by atoms with Crippen molar-refractivity contribution in [3.63, 3.8) is 0 Å². The number of hydrazine groups is 1. The van der Waals surface area contributed by atoms with Crippen LogP contribution in [0.4, 0.5) is 4.39 Å². The molecule has 2 rings (SSSR count). The van der Waals surface area contributed by atoms with Crippen LogP contribution in [0.15, 0.2) is 53.4 Å². The quantitative estimate of drug-likeness (QED) is 0.466. The standard InChI is InChI=1S/C17H16FN3O6S/c1-19-28(25,26)12-7-8-14(18)13(9-12)17(24)27-10-15(22)20-21-16(23)11-5-3-2-4-6-11/h2-9,19H,10H2,1H3,(H,20,22)(H,21,23). The van der Waals surface area contributed by atoms with Gasteiger partial charge in [0.2, 0.25) is 10.0 Å². The summed E-state index contributed by atoms with van der Waals surface area (Å²) in [6.45, 7) is -0.823. The molecule has 0 aromatic heterocycles. The van der Waals surface area contributed by atoms with Crippen molar-refractivity contribution < 1.29 is 31.9 Å². The topological polar surface area (TPSA) is 131 Å². The SMILES string of the molecule is CNS(=O)(=O)c1ccc(F)c(C(=O)OCC(=O)NNC(=O)c2ccccc2)c1. The maximum absolute atomic E-state index is 13.8. The van der Waals surface area contributed by atoms with Crippen LogP contribution in [-0.2, 0) is 19.6 Å². The fraction of sp³-hybridized carbons (Fsp3) is 0.118. The van der Waals surface area contributed by atoms with Crippen LogP contribution in [0.1, 0.15) is 20.7 Å². The van der Waals surface area contributed by atoms with Crippen molar-refractivity contribution in [3.05, 3.63) is 65.5 Å². The smallest absolute Gasteiger partial charge is 0.341 e. The van der Waals surface area contributed by atoms with Gasteiger partial charge in [-0.3, -0.25) is 20.4 Å². The van der Waals surface area contributed by atoms with Gasteiger partial charge in [-0.15, -0.1) is 0 Å². The van der Waals surface area contributed by atoms with Crippen LogP contribution in [0, 0.1) is 5.82 Å². The van der Waals surface area contributed by atoms with E-state index in [1.54, 1.807) is 18.2 Å². The molecule has 0 saturated carbocycles. The van der Waals surface area contributed by atoms with E-state index in [-0.39, 0.29) is 4.90 Å². The van der Waals surface area contributed by atoms with Crippen molar-refractivity contribution in [2.75, 3.05) is 13.7 Å². The molecule has 0 atom stereocenters. The first-order valence-electron chi connectivity index (χ1n) is 7.79. The highest BCUT2D eigenvalue weighted by Crippen LogP contribution is 2.16. The van der Waals surface area contributed by atoms with Gasteiger partial charge in [0.05, 0.1) is 10.5 Å². The first kappa shape index (κ1) is 21.0. The molecule has 0 aliphatic heterocycles. The molecule has 3 N–H and O–H groups in total. The van der Waals surface area contributed by atoms with Crippen molar-refractivity contribution in [1.82, 2.24) is 15.6 Å². The number of carbonyl (C=O) groups is 3. The summed E-state index contributed by atoms with van der Waals surface area (Å²) in [5, 5.41) is 0. The van der Waals surface area contributed by atoms with Gasteiger partial charge in [-0.05, 0) is 37.4 Å². The van der Waals surface area contributed by atoms with Gasteiger partial charge in [0.25, 0.3) is 11.8 Å². The lowest BCUT2D eigenvalue weighted by molar-refractivity contribution is -0.125. The molecule has 0 saturated heterocycles. The molecule has 2 amide bonds. The molecule has 0 bridgehead atoms. The van der Waals surface area contributed by atoms with E-state index < -0.39 is 45.8 Å². The lowest BCUT2D eigenvalue weighted by atomic mass is 10.2. The van der Waals surface area contributed by atoms with Crippen LogP contribution in [0.5, 0.6) is 0 Å². The number of ether oxygens (including phenoxy) is 1. The molecule has 0 aliphatic carbocycles. The Kier molecular flexibility index (Phi) is 6.79. The molecular weight excluding hydrogens is 393 g/mol. The number of hydrogen-bond acceptors (Lipinski definition) is 6. The second-order valence-electron chi connectivity index (χ2n) is 5.29. The van der Waals surface area contributed by atoms with Crippen molar-refractivity contribution in [2.24, 2.45) is 0 Å². The highest BCUT2D eigenvalue weighted by Gasteiger charge is 2.20. The van der Waals surface area contributed by atoms with Crippen molar-refractivity contribution in [3.8, 4) is 0 Å². The number of halogens is 1. The Morgan fingerprint density at radius 1 is 1.04 bits per heavy atom. The molecule has 0 spiro atoms. The summed E-state index contributed by atoms with van der Waals surface area (Å²) in [6, 6.07) is 10.6. The number of hydrogen-bond donors (Lipinski definition) is 3. The zero-order valence-electron chi connectivity index (χ0n) is 14.6. The molecule has 148 valence electrons. The molecule has 28 heavy (non-hydrogen) atoms. The van der Waals surface area contributed by atoms with E-state index in [1.165, 1.54) is 12.1 Å². The third kappa shape index (κ3) is 5.34. The number of amides is 2. The second kappa shape index (κ2) is 9.06. The number of carbonyl (C=O) groups excluding carboxylic acids is 3. The molecule has 0 fully saturated rings. The maximum atomic E-state index is 13.8. The first-order valence-corrected chi connectivity index (χ1v) is 9.27. The number of rotatable bonds is 6. The van der Waals surface area contributed by atoms with Crippen LogP contribution in [-0.4, -0.2) is 39.9 Å². The predicted molar refractivity (Wildman–Crippen MR) is 95.0 cm³/mol. The van der Waals surface area contributed by atoms with Crippen LogP contribution in [0.3, 0.4) is 0 Å². The third-order valence-electron chi connectivity index (χ3n) is 3.42. The van der Waals surface area contributed by atoms with E-state index in [0.29, 0.717) is 5.56 Å². The molecule has 2 aromatic rings. The zero-order chi connectivity index (χ0) is 20.7. The van der Waals surface area contributed by atoms with Gasteiger partial charge >= 0.3 is 5.97 Å². The van der Waals surface area contributed by atoms with E-state index in [2.05, 4.69) is 10.2 Å². The Morgan fingerprint density at radius 2 is 1.71 bits per heavy atom. The normalized spacial score (nSPS) is 10.8. The second-order valence-corrected chi connectivity index (χ2v) is 7.18. The fourth-order valence-electron chi connectivity index (χ4n) is 1.98. The van der Waals surface area contributed by atoms with Gasteiger partial charge in [0.1, 0.15) is 5.82 Å². The van der Waals surface area contributed by atoms with Crippen molar-refractivity contribution in [1.29, 1.82) is 0 Å². The molecule has 11 heteroatoms. The zero-order valence-corrected chi connectivity index (χ0v) is 15.4. The Morgan fingerprint density at radius 3 is 2.36 bits per heavy atom. The molecule has 0 heterocycles. The monoisotopic (exact) mass is 409 g/mol. The minimum absolute atomic E-state index is 0.296. The number of sulfonamides is 1. The van der Waals surface area contributed by atoms with Gasteiger partial charge in [-0.25, -0.2) is 22.3 Å². The summed E-state index contributed by atoms with van der Waals surface area (Å²) in [5.41, 5.74) is 3.79. The number of esters is 1. The van der Waals surface area contributed by atoms with Crippen molar-refractivity contribution in [2.45, 2.75) is 4.90 Å². The summed E-state index contributed by atoms with van der Waals surface area (Å²) in [4.78, 5) is 35.0. The molecule has 0 radical (unpaired) electrons. The highest BCUT2D eigenvalue weighted by atomic mass is 32.2. The average molecular weight is 409 g/mol. The summed E-state index contributed by atoms with van der Waals surface area (Å²) < 4.78 is 43.9. The van der Waals surface area contributed by atoms with Gasteiger partial charge in [0.15, 0.2) is 6.61 Å². The number of nitrogens with one attached hydrogen (secondary N) is 3. The lowest BCUT2D eigenvalue weighted by Crippen LogP contribution is -2.43. The van der Waals surface area contributed by atoms with Crippen LogP contribution in [0.2, 0.25) is 0 Å². The Hall–Kier alpha value is -3.31. The van der Waals surface area contributed by atoms with Gasteiger partial charge < -0.3 is 4.74 Å². The predicted octanol–water partition coefficient (Wildman–Crippen LogP) is 0.352. The van der Waals surface area contributed by atoms with E-state index >= 15 is 0 Å².